The number of nitrogens with zero attached hydrogens (tertiary/aromatic N) is 3. The Bertz CT molecular complexity index is 661. The van der Waals surface area contributed by atoms with Crippen LogP contribution in [0.4, 0.5) is 28.2 Å². The van der Waals surface area contributed by atoms with E-state index in [1.807, 2.05) is 0 Å². The third kappa shape index (κ3) is 4.75. The van der Waals surface area contributed by atoms with Crippen molar-refractivity contribution in [3.8, 4) is 0 Å². The highest BCUT2D eigenvalue weighted by molar-refractivity contribution is 5.68. The van der Waals surface area contributed by atoms with Crippen LogP contribution in [0.5, 0.6) is 0 Å². The van der Waals surface area contributed by atoms with Gasteiger partial charge in [0.1, 0.15) is 5.60 Å². The molecular weight excluding hydrogens is 358 g/mol. The number of hydrogen-bond donors (Lipinski definition) is 1. The highest BCUT2D eigenvalue weighted by atomic mass is 19.4. The van der Waals surface area contributed by atoms with E-state index in [0.717, 1.165) is 0 Å². The minimum absolute atomic E-state index is 0.0353. The third-order valence-electron chi connectivity index (χ3n) is 3.77. The van der Waals surface area contributed by atoms with Gasteiger partial charge in [0.05, 0.1) is 18.2 Å². The monoisotopic (exact) mass is 379 g/mol. The lowest BCUT2D eigenvalue weighted by atomic mass is 10.1. The Labute approximate surface area is 148 Å². The lowest BCUT2D eigenvalue weighted by Crippen LogP contribution is -2.57. The van der Waals surface area contributed by atoms with Crippen LogP contribution in [0.25, 0.3) is 0 Å². The largest absolute Gasteiger partial charge is 0.444 e. The molecule has 0 saturated carbocycles. The molecule has 1 unspecified atom stereocenters. The van der Waals surface area contributed by atoms with Crippen LogP contribution >= 0.6 is 0 Å². The van der Waals surface area contributed by atoms with Crippen molar-refractivity contribution in [2.75, 3.05) is 31.1 Å². The van der Waals surface area contributed by atoms with E-state index >= 15 is 0 Å². The van der Waals surface area contributed by atoms with Gasteiger partial charge in [0, 0.05) is 25.8 Å². The van der Waals surface area contributed by atoms with E-state index in [9.17, 15) is 27.5 Å². The van der Waals surface area contributed by atoms with Crippen molar-refractivity contribution >= 4 is 11.9 Å². The summed E-state index contributed by atoms with van der Waals surface area (Å²) in [7, 11) is 0. The number of amides is 1. The Morgan fingerprint density at radius 2 is 2.00 bits per heavy atom. The number of halogens is 4. The molecule has 0 bridgehead atoms. The fourth-order valence-electron chi connectivity index (χ4n) is 2.58. The molecule has 10 heteroatoms. The molecule has 1 aliphatic heterocycles. The van der Waals surface area contributed by atoms with Gasteiger partial charge in [-0.1, -0.05) is 0 Å². The predicted molar refractivity (Wildman–Crippen MR) is 85.2 cm³/mol. The number of anilines is 1. The number of piperazine rings is 1. The number of aliphatic hydroxyl groups is 1. The van der Waals surface area contributed by atoms with Gasteiger partial charge < -0.3 is 19.6 Å². The number of carbonyl (C=O) groups excluding carboxylic acids is 1. The number of rotatable bonds is 2. The molecule has 1 N–H and O–H groups in total. The fraction of sp³-hybridized carbons (Fsp3) is 0.625. The van der Waals surface area contributed by atoms with Crippen molar-refractivity contribution in [1.29, 1.82) is 0 Å². The summed E-state index contributed by atoms with van der Waals surface area (Å²) in [5.41, 5.74) is -1.88. The van der Waals surface area contributed by atoms with Crippen LogP contribution in [-0.4, -0.2) is 59.0 Å². The molecule has 1 amide bonds. The molecule has 146 valence electrons. The second-order valence-corrected chi connectivity index (χ2v) is 6.98. The van der Waals surface area contributed by atoms with Crippen molar-refractivity contribution in [3.63, 3.8) is 0 Å². The Morgan fingerprint density at radius 3 is 2.50 bits per heavy atom. The molecule has 1 aromatic rings. The van der Waals surface area contributed by atoms with E-state index in [0.29, 0.717) is 12.3 Å². The molecule has 1 fully saturated rings. The number of pyridine rings is 1. The number of ether oxygens (including phenoxy) is 1. The molecule has 1 aliphatic rings. The van der Waals surface area contributed by atoms with Crippen LogP contribution < -0.4 is 4.90 Å². The molecule has 1 aromatic heterocycles. The van der Waals surface area contributed by atoms with Crippen molar-refractivity contribution < 1.29 is 32.2 Å². The molecule has 0 aromatic carbocycles. The van der Waals surface area contributed by atoms with Crippen LogP contribution in [0.2, 0.25) is 0 Å². The average Bonchev–Trinajstić information content (AvgIpc) is 2.51. The molecule has 0 radical (unpaired) electrons. The summed E-state index contributed by atoms with van der Waals surface area (Å²) >= 11 is 0. The zero-order chi connectivity index (χ0) is 19.7. The molecule has 2 heterocycles. The van der Waals surface area contributed by atoms with Crippen molar-refractivity contribution in [2.45, 2.75) is 38.6 Å². The highest BCUT2D eigenvalue weighted by Crippen LogP contribution is 2.31. The summed E-state index contributed by atoms with van der Waals surface area (Å²) in [4.78, 5) is 18.4. The van der Waals surface area contributed by atoms with Crippen LogP contribution in [0.3, 0.4) is 0 Å². The van der Waals surface area contributed by atoms with E-state index in [1.54, 1.807) is 20.8 Å². The summed E-state index contributed by atoms with van der Waals surface area (Å²) in [6, 6.07) is -0.341. The molecule has 6 nitrogen and oxygen atoms in total. The Kier molecular flexibility index (Phi) is 5.64. The first-order valence-electron chi connectivity index (χ1n) is 8.00. The maximum Gasteiger partial charge on any atom is 0.417 e. The van der Waals surface area contributed by atoms with E-state index in [2.05, 4.69) is 4.98 Å². The molecular formula is C16H21F4N3O3. The van der Waals surface area contributed by atoms with Crippen LogP contribution in [0.1, 0.15) is 26.3 Å². The Morgan fingerprint density at radius 1 is 1.35 bits per heavy atom. The smallest absolute Gasteiger partial charge is 0.417 e. The van der Waals surface area contributed by atoms with Gasteiger partial charge in [0.25, 0.3) is 0 Å². The standard InChI is InChI=1S/C16H21F4N3O3/c1-15(2,3)26-14(25)22-4-5-23(11(8-22)9-24)13-12(17)6-10(7-21-13)16(18,19)20/h6-7,11,24H,4-5,8-9H2,1-3H3. The normalized spacial score (nSPS) is 18.8. The minimum Gasteiger partial charge on any atom is -0.444 e. The zero-order valence-corrected chi connectivity index (χ0v) is 14.7. The lowest BCUT2D eigenvalue weighted by Gasteiger charge is -2.41. The minimum atomic E-state index is -4.70. The highest BCUT2D eigenvalue weighted by Gasteiger charge is 2.36. The number of aliphatic hydroxyl groups excluding tert-OH is 1. The average molecular weight is 379 g/mol. The van der Waals surface area contributed by atoms with Crippen LogP contribution in [0, 0.1) is 5.82 Å². The van der Waals surface area contributed by atoms with Gasteiger partial charge in [0.15, 0.2) is 11.6 Å². The van der Waals surface area contributed by atoms with Gasteiger partial charge in [0.2, 0.25) is 0 Å². The summed E-state index contributed by atoms with van der Waals surface area (Å²) < 4.78 is 57.3. The molecule has 1 saturated heterocycles. The summed E-state index contributed by atoms with van der Waals surface area (Å²) in [6.07, 6.45) is -4.72. The fourth-order valence-corrected chi connectivity index (χ4v) is 2.58. The van der Waals surface area contributed by atoms with Gasteiger partial charge in [-0.25, -0.2) is 14.2 Å². The number of hydrogen-bond acceptors (Lipinski definition) is 5. The van der Waals surface area contributed by atoms with E-state index in [-0.39, 0.29) is 25.5 Å². The van der Waals surface area contributed by atoms with Gasteiger partial charge in [-0.2, -0.15) is 13.2 Å². The van der Waals surface area contributed by atoms with Crippen LogP contribution in [0.15, 0.2) is 12.3 Å². The first kappa shape index (κ1) is 20.2. The third-order valence-corrected chi connectivity index (χ3v) is 3.77. The van der Waals surface area contributed by atoms with Gasteiger partial charge in [-0.15, -0.1) is 0 Å². The molecule has 0 aliphatic carbocycles. The number of aromatic nitrogens is 1. The van der Waals surface area contributed by atoms with Crippen molar-refractivity contribution in [3.05, 3.63) is 23.6 Å². The summed E-state index contributed by atoms with van der Waals surface area (Å²) in [5.74, 6) is -1.43. The summed E-state index contributed by atoms with van der Waals surface area (Å²) in [5, 5.41) is 9.58. The zero-order valence-electron chi connectivity index (χ0n) is 14.7. The number of carbonyl (C=O) groups is 1. The van der Waals surface area contributed by atoms with Crippen molar-refractivity contribution in [2.24, 2.45) is 0 Å². The summed E-state index contributed by atoms with van der Waals surface area (Å²) in [6.45, 7) is 5.01. The van der Waals surface area contributed by atoms with Gasteiger partial charge in [-0.3, -0.25) is 0 Å². The second kappa shape index (κ2) is 7.26. The SMILES string of the molecule is CC(C)(C)OC(=O)N1CCN(c2ncc(C(F)(F)F)cc2F)C(CO)C1. The Balaban J connectivity index is 2.16. The maximum absolute atomic E-state index is 14.2. The quantitative estimate of drug-likeness (QED) is 0.801. The molecule has 2 rings (SSSR count). The molecule has 0 spiro atoms. The predicted octanol–water partition coefficient (Wildman–Crippen LogP) is 2.66. The van der Waals surface area contributed by atoms with E-state index in [4.69, 9.17) is 4.74 Å². The first-order valence-corrected chi connectivity index (χ1v) is 8.00. The molecule has 1 atom stereocenters. The first-order chi connectivity index (χ1) is 11.9. The van der Waals surface area contributed by atoms with Gasteiger partial charge in [-0.05, 0) is 26.8 Å². The van der Waals surface area contributed by atoms with E-state index in [1.165, 1.54) is 9.80 Å². The number of alkyl halides is 3. The van der Waals surface area contributed by atoms with Gasteiger partial charge >= 0.3 is 12.3 Å². The lowest BCUT2D eigenvalue weighted by molar-refractivity contribution is -0.138. The second-order valence-electron chi connectivity index (χ2n) is 6.98. The van der Waals surface area contributed by atoms with Crippen molar-refractivity contribution in [1.82, 2.24) is 9.88 Å². The van der Waals surface area contributed by atoms with Crippen LogP contribution in [-0.2, 0) is 10.9 Å². The van der Waals surface area contributed by atoms with E-state index < -0.39 is 41.9 Å². The Hall–Kier alpha value is -2.10. The topological polar surface area (TPSA) is 65.9 Å². The maximum atomic E-state index is 14.2. The molecule has 26 heavy (non-hydrogen) atoms.